The highest BCUT2D eigenvalue weighted by Gasteiger charge is 2.06. The summed E-state index contributed by atoms with van der Waals surface area (Å²) in [5, 5.41) is 9.47. The summed E-state index contributed by atoms with van der Waals surface area (Å²) in [7, 11) is 3.66. The molecule has 0 aliphatic heterocycles. The molecule has 0 fully saturated rings. The fourth-order valence-corrected chi connectivity index (χ4v) is 1.78. The SMILES string of the molecule is COc1ccc(Cl)cc1CN(C)CCCO. The van der Waals surface area contributed by atoms with Gasteiger partial charge < -0.3 is 14.7 Å². The van der Waals surface area contributed by atoms with Crippen LogP contribution in [-0.2, 0) is 6.54 Å². The van der Waals surface area contributed by atoms with Crippen LogP contribution in [0.4, 0.5) is 0 Å². The number of halogens is 1. The van der Waals surface area contributed by atoms with Crippen LogP contribution in [0.15, 0.2) is 18.2 Å². The van der Waals surface area contributed by atoms with Gasteiger partial charge in [0.05, 0.1) is 7.11 Å². The smallest absolute Gasteiger partial charge is 0.123 e. The van der Waals surface area contributed by atoms with Crippen molar-refractivity contribution in [3.8, 4) is 5.75 Å². The van der Waals surface area contributed by atoms with Crippen LogP contribution in [0.2, 0.25) is 5.02 Å². The van der Waals surface area contributed by atoms with E-state index in [1.807, 2.05) is 25.2 Å². The Morgan fingerprint density at radius 1 is 1.44 bits per heavy atom. The lowest BCUT2D eigenvalue weighted by atomic mass is 10.2. The summed E-state index contributed by atoms with van der Waals surface area (Å²) >= 11 is 5.95. The van der Waals surface area contributed by atoms with E-state index in [-0.39, 0.29) is 6.61 Å². The third-order valence-electron chi connectivity index (χ3n) is 2.38. The molecule has 1 N–H and O–H groups in total. The molecule has 0 atom stereocenters. The number of nitrogens with zero attached hydrogens (tertiary/aromatic N) is 1. The van der Waals surface area contributed by atoms with Crippen LogP contribution in [0, 0.1) is 0 Å². The van der Waals surface area contributed by atoms with E-state index < -0.39 is 0 Å². The number of methoxy groups -OCH3 is 1. The van der Waals surface area contributed by atoms with Crippen LogP contribution in [0.3, 0.4) is 0 Å². The molecule has 0 unspecified atom stereocenters. The normalized spacial score (nSPS) is 10.8. The Morgan fingerprint density at radius 2 is 2.19 bits per heavy atom. The monoisotopic (exact) mass is 243 g/mol. The average molecular weight is 244 g/mol. The van der Waals surface area contributed by atoms with E-state index >= 15 is 0 Å². The Balaban J connectivity index is 2.67. The first-order chi connectivity index (χ1) is 7.67. The molecule has 0 saturated carbocycles. The number of aliphatic hydroxyl groups excluding tert-OH is 1. The molecule has 0 aliphatic rings. The molecule has 0 bridgehead atoms. The zero-order chi connectivity index (χ0) is 12.0. The Labute approximate surface area is 102 Å². The van der Waals surface area contributed by atoms with Crippen LogP contribution in [0.25, 0.3) is 0 Å². The second kappa shape index (κ2) is 6.74. The first-order valence-corrected chi connectivity index (χ1v) is 5.67. The third-order valence-corrected chi connectivity index (χ3v) is 2.62. The molecule has 0 aliphatic carbocycles. The molecule has 0 spiro atoms. The number of rotatable bonds is 6. The number of hydrogen-bond acceptors (Lipinski definition) is 3. The van der Waals surface area contributed by atoms with Gasteiger partial charge in [0.1, 0.15) is 5.75 Å². The van der Waals surface area contributed by atoms with Gasteiger partial charge in [-0.1, -0.05) is 11.6 Å². The Morgan fingerprint density at radius 3 is 2.81 bits per heavy atom. The van der Waals surface area contributed by atoms with Crippen LogP contribution in [0.5, 0.6) is 5.75 Å². The van der Waals surface area contributed by atoms with E-state index in [2.05, 4.69) is 4.90 Å². The molecule has 1 rings (SSSR count). The molecule has 4 heteroatoms. The van der Waals surface area contributed by atoms with Crippen molar-refractivity contribution in [3.63, 3.8) is 0 Å². The van der Waals surface area contributed by atoms with Gasteiger partial charge in [0.25, 0.3) is 0 Å². The van der Waals surface area contributed by atoms with Crippen molar-refractivity contribution in [2.24, 2.45) is 0 Å². The van der Waals surface area contributed by atoms with Gasteiger partial charge in [-0.15, -0.1) is 0 Å². The predicted octanol–water partition coefficient (Wildman–Crippen LogP) is 2.16. The zero-order valence-electron chi connectivity index (χ0n) is 9.74. The predicted molar refractivity (Wildman–Crippen MR) is 66.0 cm³/mol. The number of benzene rings is 1. The van der Waals surface area contributed by atoms with E-state index in [1.54, 1.807) is 7.11 Å². The molecular weight excluding hydrogens is 226 g/mol. The van der Waals surface area contributed by atoms with E-state index in [4.69, 9.17) is 21.4 Å². The number of aliphatic hydroxyl groups is 1. The molecule has 0 heterocycles. The second-order valence-corrected chi connectivity index (χ2v) is 4.21. The van der Waals surface area contributed by atoms with Crippen LogP contribution >= 0.6 is 11.6 Å². The highest BCUT2D eigenvalue weighted by molar-refractivity contribution is 6.30. The quantitative estimate of drug-likeness (QED) is 0.831. The summed E-state index contributed by atoms with van der Waals surface area (Å²) in [5.74, 6) is 0.847. The van der Waals surface area contributed by atoms with Crippen LogP contribution < -0.4 is 4.74 Å². The van der Waals surface area contributed by atoms with Crippen molar-refractivity contribution in [2.75, 3.05) is 27.3 Å². The lowest BCUT2D eigenvalue weighted by molar-refractivity contribution is 0.242. The van der Waals surface area contributed by atoms with Crippen molar-refractivity contribution < 1.29 is 9.84 Å². The number of ether oxygens (including phenoxy) is 1. The van der Waals surface area contributed by atoms with Gasteiger partial charge in [0.2, 0.25) is 0 Å². The summed E-state index contributed by atoms with van der Waals surface area (Å²) in [6.45, 7) is 1.84. The molecular formula is C12H18ClNO2. The Hall–Kier alpha value is -0.770. The molecule has 90 valence electrons. The average Bonchev–Trinajstić information content (AvgIpc) is 2.27. The van der Waals surface area contributed by atoms with Crippen molar-refractivity contribution >= 4 is 11.6 Å². The molecule has 0 saturated heterocycles. The highest BCUT2D eigenvalue weighted by Crippen LogP contribution is 2.23. The maximum atomic E-state index is 8.75. The molecule has 0 amide bonds. The largest absolute Gasteiger partial charge is 0.496 e. The minimum absolute atomic E-state index is 0.219. The number of hydrogen-bond donors (Lipinski definition) is 1. The lowest BCUT2D eigenvalue weighted by Crippen LogP contribution is -2.20. The van der Waals surface area contributed by atoms with E-state index in [0.29, 0.717) is 5.02 Å². The fraction of sp³-hybridized carbons (Fsp3) is 0.500. The Kier molecular flexibility index (Phi) is 5.60. The Bertz CT molecular complexity index is 331. The molecule has 0 radical (unpaired) electrons. The summed E-state index contributed by atoms with van der Waals surface area (Å²) in [6, 6.07) is 5.60. The molecule has 16 heavy (non-hydrogen) atoms. The molecule has 1 aromatic rings. The van der Waals surface area contributed by atoms with E-state index in [1.165, 1.54) is 0 Å². The minimum atomic E-state index is 0.219. The van der Waals surface area contributed by atoms with E-state index in [0.717, 1.165) is 30.8 Å². The van der Waals surface area contributed by atoms with Crippen molar-refractivity contribution in [3.05, 3.63) is 28.8 Å². The standard InChI is InChI=1S/C12H18ClNO2/c1-14(6-3-7-15)9-10-8-11(13)4-5-12(10)16-2/h4-5,8,15H,3,6-7,9H2,1-2H3. The minimum Gasteiger partial charge on any atom is -0.496 e. The van der Waals surface area contributed by atoms with Crippen LogP contribution in [0.1, 0.15) is 12.0 Å². The van der Waals surface area contributed by atoms with Gasteiger partial charge in [0.15, 0.2) is 0 Å². The first-order valence-electron chi connectivity index (χ1n) is 5.29. The van der Waals surface area contributed by atoms with Gasteiger partial charge in [-0.25, -0.2) is 0 Å². The molecule has 1 aromatic carbocycles. The highest BCUT2D eigenvalue weighted by atomic mass is 35.5. The maximum Gasteiger partial charge on any atom is 0.123 e. The molecule has 3 nitrogen and oxygen atoms in total. The summed E-state index contributed by atoms with van der Waals surface area (Å²) in [4.78, 5) is 2.13. The van der Waals surface area contributed by atoms with Gasteiger partial charge in [-0.3, -0.25) is 0 Å². The van der Waals surface area contributed by atoms with Gasteiger partial charge >= 0.3 is 0 Å². The molecule has 0 aromatic heterocycles. The van der Waals surface area contributed by atoms with Gasteiger partial charge in [-0.2, -0.15) is 0 Å². The first kappa shape index (κ1) is 13.3. The van der Waals surface area contributed by atoms with Gasteiger partial charge in [-0.05, 0) is 31.7 Å². The second-order valence-electron chi connectivity index (χ2n) is 3.77. The maximum absolute atomic E-state index is 8.75. The van der Waals surface area contributed by atoms with E-state index in [9.17, 15) is 0 Å². The summed E-state index contributed by atoms with van der Waals surface area (Å²) in [5.41, 5.74) is 1.07. The summed E-state index contributed by atoms with van der Waals surface area (Å²) in [6.07, 6.45) is 0.777. The van der Waals surface area contributed by atoms with Crippen molar-refractivity contribution in [2.45, 2.75) is 13.0 Å². The topological polar surface area (TPSA) is 32.7 Å². The van der Waals surface area contributed by atoms with Crippen molar-refractivity contribution in [1.29, 1.82) is 0 Å². The fourth-order valence-electron chi connectivity index (χ4n) is 1.58. The summed E-state index contributed by atoms with van der Waals surface area (Å²) < 4.78 is 5.27. The van der Waals surface area contributed by atoms with Crippen LogP contribution in [-0.4, -0.2) is 37.3 Å². The zero-order valence-corrected chi connectivity index (χ0v) is 10.5. The lowest BCUT2D eigenvalue weighted by Gasteiger charge is -2.18. The van der Waals surface area contributed by atoms with Gasteiger partial charge in [0, 0.05) is 30.3 Å². The van der Waals surface area contributed by atoms with Crippen molar-refractivity contribution in [1.82, 2.24) is 4.90 Å². The third kappa shape index (κ3) is 4.00.